The minimum Gasteiger partial charge on any atom is -0.497 e. The molecule has 0 N–H and O–H groups in total. The van der Waals surface area contributed by atoms with E-state index >= 15 is 0 Å². The normalized spacial score (nSPS) is 11.1. The van der Waals surface area contributed by atoms with Crippen molar-refractivity contribution in [3.8, 4) is 28.1 Å². The number of aromatic nitrogens is 2. The highest BCUT2D eigenvalue weighted by molar-refractivity contribution is 5.86. The maximum Gasteiger partial charge on any atom is 0.139 e. The molecule has 5 aromatic rings. The summed E-state index contributed by atoms with van der Waals surface area (Å²) in [5.41, 5.74) is 7.65. The van der Waals surface area contributed by atoms with Gasteiger partial charge >= 0.3 is 0 Å². The topological polar surface area (TPSA) is 26.5 Å². The molecule has 0 spiro atoms. The second-order valence-electron chi connectivity index (χ2n) is 6.52. The quantitative estimate of drug-likeness (QED) is 0.409. The van der Waals surface area contributed by atoms with Crippen LogP contribution in [0.3, 0.4) is 0 Å². The minimum absolute atomic E-state index is 0.856. The molecule has 0 saturated carbocycles. The minimum atomic E-state index is 0.856. The number of hydrogen-bond acceptors (Lipinski definition) is 2. The highest BCUT2D eigenvalue weighted by atomic mass is 16.5. The van der Waals surface area contributed by atoms with Gasteiger partial charge in [-0.2, -0.15) is 0 Å². The van der Waals surface area contributed by atoms with Crippen LogP contribution < -0.4 is 4.74 Å². The van der Waals surface area contributed by atoms with E-state index in [-0.39, 0.29) is 0 Å². The van der Waals surface area contributed by atoms with Crippen LogP contribution in [0.4, 0.5) is 0 Å². The van der Waals surface area contributed by atoms with Crippen molar-refractivity contribution in [3.63, 3.8) is 0 Å². The molecule has 3 nitrogen and oxygen atoms in total. The molecule has 0 aliphatic rings. The molecule has 3 heteroatoms. The lowest BCUT2D eigenvalue weighted by Gasteiger charge is -2.11. The fourth-order valence-corrected chi connectivity index (χ4v) is 3.56. The van der Waals surface area contributed by atoms with E-state index in [1.54, 1.807) is 7.11 Å². The average molecular weight is 350 g/mol. The largest absolute Gasteiger partial charge is 0.497 e. The molecule has 0 unspecified atom stereocenters. The zero-order valence-electron chi connectivity index (χ0n) is 15.0. The summed E-state index contributed by atoms with van der Waals surface area (Å²) in [4.78, 5) is 4.86. The van der Waals surface area contributed by atoms with Crippen LogP contribution in [0.2, 0.25) is 0 Å². The molecular weight excluding hydrogens is 332 g/mol. The number of rotatable bonds is 3. The predicted molar refractivity (Wildman–Crippen MR) is 110 cm³/mol. The number of fused-ring (bicyclic) bond motifs is 3. The van der Waals surface area contributed by atoms with Crippen LogP contribution in [-0.2, 0) is 0 Å². The van der Waals surface area contributed by atoms with Crippen molar-refractivity contribution in [1.29, 1.82) is 0 Å². The zero-order valence-corrected chi connectivity index (χ0v) is 15.0. The number of methoxy groups -OCH3 is 1. The summed E-state index contributed by atoms with van der Waals surface area (Å²) in [7, 11) is 1.69. The van der Waals surface area contributed by atoms with E-state index in [0.717, 1.165) is 39.3 Å². The van der Waals surface area contributed by atoms with Gasteiger partial charge in [-0.15, -0.1) is 0 Å². The van der Waals surface area contributed by atoms with Gasteiger partial charge in [0.2, 0.25) is 0 Å². The van der Waals surface area contributed by atoms with E-state index in [2.05, 4.69) is 71.1 Å². The van der Waals surface area contributed by atoms with Crippen molar-refractivity contribution in [2.75, 3.05) is 7.11 Å². The van der Waals surface area contributed by atoms with Crippen molar-refractivity contribution < 1.29 is 4.74 Å². The van der Waals surface area contributed by atoms with E-state index in [9.17, 15) is 0 Å². The van der Waals surface area contributed by atoms with Crippen molar-refractivity contribution in [1.82, 2.24) is 9.38 Å². The van der Waals surface area contributed by atoms with Gasteiger partial charge in [-0.05, 0) is 53.1 Å². The lowest BCUT2D eigenvalue weighted by Crippen LogP contribution is -1.94. The Morgan fingerprint density at radius 1 is 0.704 bits per heavy atom. The molecule has 0 atom stereocenters. The van der Waals surface area contributed by atoms with Crippen molar-refractivity contribution in [2.45, 2.75) is 0 Å². The fourth-order valence-electron chi connectivity index (χ4n) is 3.56. The number of ether oxygens (including phenoxy) is 1. The Bertz CT molecular complexity index is 1240. The fraction of sp³-hybridized carbons (Fsp3) is 0.0417. The van der Waals surface area contributed by atoms with Crippen LogP contribution in [-0.4, -0.2) is 16.5 Å². The van der Waals surface area contributed by atoms with Crippen LogP contribution in [0.25, 0.3) is 39.1 Å². The number of hydrogen-bond donors (Lipinski definition) is 0. The summed E-state index contributed by atoms with van der Waals surface area (Å²) >= 11 is 0. The molecule has 0 saturated heterocycles. The summed E-state index contributed by atoms with van der Waals surface area (Å²) < 4.78 is 7.53. The van der Waals surface area contributed by atoms with Crippen LogP contribution in [0.15, 0.2) is 91.0 Å². The molecule has 0 aliphatic heterocycles. The van der Waals surface area contributed by atoms with E-state index in [1.807, 2.05) is 24.3 Å². The van der Waals surface area contributed by atoms with Gasteiger partial charge in [0.15, 0.2) is 0 Å². The van der Waals surface area contributed by atoms with Crippen molar-refractivity contribution >= 4 is 16.7 Å². The van der Waals surface area contributed by atoms with Gasteiger partial charge in [-0.1, -0.05) is 54.6 Å². The lowest BCUT2D eigenvalue weighted by atomic mass is 10.0. The van der Waals surface area contributed by atoms with Crippen LogP contribution in [0, 0.1) is 0 Å². The summed E-state index contributed by atoms with van der Waals surface area (Å²) in [6.07, 6.45) is 0. The first-order chi connectivity index (χ1) is 13.3. The lowest BCUT2D eigenvalue weighted by molar-refractivity contribution is 0.415. The second kappa shape index (κ2) is 6.29. The highest BCUT2D eigenvalue weighted by Crippen LogP contribution is 2.32. The monoisotopic (exact) mass is 350 g/mol. The van der Waals surface area contributed by atoms with E-state index < -0.39 is 0 Å². The Balaban J connectivity index is 1.82. The van der Waals surface area contributed by atoms with Gasteiger partial charge in [0.05, 0.1) is 23.8 Å². The molecule has 2 heterocycles. The van der Waals surface area contributed by atoms with Crippen LogP contribution in [0.1, 0.15) is 0 Å². The third-order valence-electron chi connectivity index (χ3n) is 4.90. The molecule has 0 amide bonds. The Kier molecular flexibility index (Phi) is 3.65. The SMILES string of the molecule is COc1ccc(-c2cc(-c3ccccc3)n3c(c2)nc2ccccc23)cc1. The van der Waals surface area contributed by atoms with Crippen molar-refractivity contribution in [2.24, 2.45) is 0 Å². The Morgan fingerprint density at radius 2 is 1.44 bits per heavy atom. The van der Waals surface area contributed by atoms with Gasteiger partial charge < -0.3 is 4.74 Å². The van der Waals surface area contributed by atoms with Gasteiger partial charge in [0, 0.05) is 0 Å². The molecule has 0 aliphatic carbocycles. The number of para-hydroxylation sites is 2. The van der Waals surface area contributed by atoms with Crippen LogP contribution in [0.5, 0.6) is 5.75 Å². The Labute approximate surface area is 157 Å². The Hall–Kier alpha value is -3.59. The number of imidazole rings is 1. The summed E-state index contributed by atoms with van der Waals surface area (Å²) in [6, 6.07) is 31.3. The zero-order chi connectivity index (χ0) is 18.2. The van der Waals surface area contributed by atoms with E-state index in [4.69, 9.17) is 9.72 Å². The third kappa shape index (κ3) is 2.64. The molecule has 130 valence electrons. The summed E-state index contributed by atoms with van der Waals surface area (Å²) in [5.74, 6) is 0.856. The summed E-state index contributed by atoms with van der Waals surface area (Å²) in [6.45, 7) is 0. The molecule has 2 aromatic heterocycles. The summed E-state index contributed by atoms with van der Waals surface area (Å²) in [5, 5.41) is 0. The smallest absolute Gasteiger partial charge is 0.139 e. The third-order valence-corrected chi connectivity index (χ3v) is 4.90. The van der Waals surface area contributed by atoms with Crippen LogP contribution >= 0.6 is 0 Å². The van der Waals surface area contributed by atoms with Gasteiger partial charge in [-0.25, -0.2) is 4.98 Å². The van der Waals surface area contributed by atoms with Gasteiger partial charge in [0.25, 0.3) is 0 Å². The van der Waals surface area contributed by atoms with Crippen molar-refractivity contribution in [3.05, 3.63) is 91.0 Å². The molecule has 5 rings (SSSR count). The maximum atomic E-state index is 5.29. The highest BCUT2D eigenvalue weighted by Gasteiger charge is 2.12. The standard InChI is InChI=1S/C24H18N2O/c1-27-20-13-11-17(12-14-20)19-15-23(18-7-3-2-4-8-18)26-22-10-6-5-9-21(22)25-24(26)16-19/h2-16H,1H3. The van der Waals surface area contributed by atoms with Gasteiger partial charge in [-0.3, -0.25) is 4.40 Å². The first-order valence-corrected chi connectivity index (χ1v) is 8.94. The molecule has 3 aromatic carbocycles. The Morgan fingerprint density at radius 3 is 2.22 bits per heavy atom. The van der Waals surface area contributed by atoms with E-state index in [1.165, 1.54) is 5.56 Å². The van der Waals surface area contributed by atoms with Gasteiger partial charge in [0.1, 0.15) is 11.4 Å². The number of benzene rings is 3. The number of pyridine rings is 1. The number of nitrogens with zero attached hydrogens (tertiary/aromatic N) is 2. The van der Waals surface area contributed by atoms with E-state index in [0.29, 0.717) is 0 Å². The maximum absolute atomic E-state index is 5.29. The average Bonchev–Trinajstić information content (AvgIpc) is 3.12. The molecule has 0 fully saturated rings. The molecule has 0 radical (unpaired) electrons. The molecular formula is C24H18N2O. The predicted octanol–water partition coefficient (Wildman–Crippen LogP) is 5.83. The first-order valence-electron chi connectivity index (χ1n) is 8.94. The molecule has 0 bridgehead atoms. The first kappa shape index (κ1) is 15.6. The second-order valence-corrected chi connectivity index (χ2v) is 6.52. The molecule has 27 heavy (non-hydrogen) atoms.